The fourth-order valence-corrected chi connectivity index (χ4v) is 3.52. The Morgan fingerprint density at radius 1 is 1.03 bits per heavy atom. The van der Waals surface area contributed by atoms with Gasteiger partial charge in [-0.3, -0.25) is 14.6 Å². The van der Waals surface area contributed by atoms with E-state index in [1.165, 1.54) is 22.9 Å². The molecule has 0 aliphatic carbocycles. The predicted octanol–water partition coefficient (Wildman–Crippen LogP) is 4.87. The summed E-state index contributed by atoms with van der Waals surface area (Å²) in [4.78, 5) is 12.6. The van der Waals surface area contributed by atoms with E-state index in [0.29, 0.717) is 23.6 Å². The minimum absolute atomic E-state index is 0.307. The maximum atomic E-state index is 13.1. The first-order valence-corrected chi connectivity index (χ1v) is 9.77. The van der Waals surface area contributed by atoms with E-state index in [-0.39, 0.29) is 11.7 Å². The van der Waals surface area contributed by atoms with Gasteiger partial charge in [0.2, 0.25) is 0 Å². The van der Waals surface area contributed by atoms with Gasteiger partial charge in [0.1, 0.15) is 11.5 Å². The second kappa shape index (κ2) is 7.87. The summed E-state index contributed by atoms with van der Waals surface area (Å²) in [6, 6.07) is 22.0. The van der Waals surface area contributed by atoms with Crippen molar-refractivity contribution in [3.63, 3.8) is 0 Å². The molecule has 0 aliphatic heterocycles. The Labute approximate surface area is 177 Å². The highest BCUT2D eigenvalue weighted by Gasteiger charge is 2.13. The van der Waals surface area contributed by atoms with Crippen LogP contribution in [0.1, 0.15) is 16.1 Å². The molecule has 5 aromatic rings. The molecule has 0 radical (unpaired) electrons. The lowest BCUT2D eigenvalue weighted by Gasteiger charge is -2.06. The number of benzene rings is 3. The van der Waals surface area contributed by atoms with E-state index in [4.69, 9.17) is 0 Å². The van der Waals surface area contributed by atoms with Crippen molar-refractivity contribution in [3.05, 3.63) is 102 Å². The fourth-order valence-electron chi connectivity index (χ4n) is 3.52. The van der Waals surface area contributed by atoms with Crippen molar-refractivity contribution < 1.29 is 9.18 Å². The van der Waals surface area contributed by atoms with E-state index < -0.39 is 0 Å². The predicted molar refractivity (Wildman–Crippen MR) is 117 cm³/mol. The average molecular weight is 411 g/mol. The number of hydrogen-bond donors (Lipinski definition) is 2. The molecule has 0 saturated carbocycles. The van der Waals surface area contributed by atoms with Gasteiger partial charge in [-0.25, -0.2) is 4.39 Å². The third-order valence-corrected chi connectivity index (χ3v) is 5.07. The number of anilines is 1. The summed E-state index contributed by atoms with van der Waals surface area (Å²) in [6.07, 6.45) is 3.40. The summed E-state index contributed by atoms with van der Waals surface area (Å²) in [5.74, 6) is -0.650. The van der Waals surface area contributed by atoms with Crippen molar-refractivity contribution in [1.29, 1.82) is 0 Å². The van der Waals surface area contributed by atoms with Crippen LogP contribution in [0.3, 0.4) is 0 Å². The topological polar surface area (TPSA) is 75.6 Å². The zero-order valence-corrected chi connectivity index (χ0v) is 16.4. The Kier molecular flexibility index (Phi) is 4.76. The molecule has 0 saturated heterocycles. The smallest absolute Gasteiger partial charge is 0.273 e. The number of halogens is 1. The first kappa shape index (κ1) is 18.7. The van der Waals surface area contributed by atoms with E-state index in [2.05, 4.69) is 44.9 Å². The van der Waals surface area contributed by atoms with Crippen molar-refractivity contribution >= 4 is 22.4 Å². The summed E-state index contributed by atoms with van der Waals surface area (Å²) >= 11 is 0. The molecule has 2 N–H and O–H groups in total. The molecule has 31 heavy (non-hydrogen) atoms. The summed E-state index contributed by atoms with van der Waals surface area (Å²) < 4.78 is 14.9. The van der Waals surface area contributed by atoms with E-state index >= 15 is 0 Å². The Morgan fingerprint density at radius 3 is 2.71 bits per heavy atom. The lowest BCUT2D eigenvalue weighted by molar-refractivity contribution is 0.102. The van der Waals surface area contributed by atoms with Crippen LogP contribution in [0, 0.1) is 5.82 Å². The number of nitrogens with zero attached hydrogens (tertiary/aromatic N) is 3. The molecule has 0 spiro atoms. The third-order valence-electron chi connectivity index (χ3n) is 5.07. The molecule has 0 bridgehead atoms. The van der Waals surface area contributed by atoms with E-state index in [1.807, 2.05) is 18.2 Å². The average Bonchev–Trinajstić information content (AvgIpc) is 3.45. The van der Waals surface area contributed by atoms with E-state index in [0.717, 1.165) is 11.1 Å². The number of aromatic nitrogens is 4. The molecule has 1 amide bonds. The molecule has 2 heterocycles. The third kappa shape index (κ3) is 3.93. The summed E-state index contributed by atoms with van der Waals surface area (Å²) in [7, 11) is 0. The molecular weight excluding hydrogens is 393 g/mol. The van der Waals surface area contributed by atoms with Gasteiger partial charge in [0.25, 0.3) is 5.91 Å². The number of H-pyrrole nitrogens is 1. The number of rotatable bonds is 5. The molecular formula is C24H18FN5O. The summed E-state index contributed by atoms with van der Waals surface area (Å²) in [6.45, 7) is 0.593. The second-order valence-corrected chi connectivity index (χ2v) is 7.19. The van der Waals surface area contributed by atoms with Crippen molar-refractivity contribution in [1.82, 2.24) is 20.0 Å². The number of hydrogen-bond acceptors (Lipinski definition) is 3. The lowest BCUT2D eigenvalue weighted by atomic mass is 10.0. The Hall–Kier alpha value is -4.26. The van der Waals surface area contributed by atoms with Crippen LogP contribution in [-0.2, 0) is 6.54 Å². The number of nitrogens with one attached hydrogen (secondary N) is 2. The Bertz CT molecular complexity index is 1370. The van der Waals surface area contributed by atoms with Crippen molar-refractivity contribution in [2.24, 2.45) is 0 Å². The van der Waals surface area contributed by atoms with Gasteiger partial charge in [0.05, 0.1) is 24.1 Å². The molecule has 0 unspecified atom stereocenters. The van der Waals surface area contributed by atoms with Crippen LogP contribution in [0.5, 0.6) is 0 Å². The van der Waals surface area contributed by atoms with Crippen LogP contribution < -0.4 is 5.32 Å². The zero-order valence-electron chi connectivity index (χ0n) is 16.4. The van der Waals surface area contributed by atoms with Crippen LogP contribution in [0.25, 0.3) is 22.0 Å². The maximum Gasteiger partial charge on any atom is 0.273 e. The van der Waals surface area contributed by atoms with Crippen LogP contribution in [0.15, 0.2) is 85.2 Å². The van der Waals surface area contributed by atoms with Gasteiger partial charge in [-0.2, -0.15) is 10.2 Å². The molecule has 152 valence electrons. The van der Waals surface area contributed by atoms with Gasteiger partial charge in [0.15, 0.2) is 0 Å². The van der Waals surface area contributed by atoms with Crippen LogP contribution in [0.2, 0.25) is 0 Å². The summed E-state index contributed by atoms with van der Waals surface area (Å²) in [5.41, 5.74) is 3.33. The SMILES string of the molecule is O=C(Nc1cnn(Cc2cccc3ccccc23)c1)c1cc(-c2ccc(F)cc2)n[nH]1. The molecule has 3 aromatic carbocycles. The molecule has 2 aromatic heterocycles. The Balaban J connectivity index is 1.29. The van der Waals surface area contributed by atoms with Gasteiger partial charge in [0, 0.05) is 11.8 Å². The number of carbonyl (C=O) groups is 1. The maximum absolute atomic E-state index is 13.1. The van der Waals surface area contributed by atoms with Gasteiger partial charge < -0.3 is 5.32 Å². The first-order valence-electron chi connectivity index (χ1n) is 9.77. The molecule has 5 rings (SSSR count). The van der Waals surface area contributed by atoms with Crippen molar-refractivity contribution in [2.75, 3.05) is 5.32 Å². The van der Waals surface area contributed by atoms with Crippen LogP contribution in [0.4, 0.5) is 10.1 Å². The lowest BCUT2D eigenvalue weighted by Crippen LogP contribution is -2.11. The molecule has 0 aliphatic rings. The van der Waals surface area contributed by atoms with Gasteiger partial charge >= 0.3 is 0 Å². The Morgan fingerprint density at radius 2 is 1.84 bits per heavy atom. The minimum atomic E-state index is -0.328. The van der Waals surface area contributed by atoms with E-state index in [9.17, 15) is 9.18 Å². The zero-order chi connectivity index (χ0) is 21.2. The normalized spacial score (nSPS) is 11.0. The number of amides is 1. The molecule has 0 fully saturated rings. The van der Waals surface area contributed by atoms with Gasteiger partial charge in [-0.05, 0) is 46.7 Å². The van der Waals surface area contributed by atoms with Gasteiger partial charge in [-0.1, -0.05) is 42.5 Å². The monoisotopic (exact) mass is 411 g/mol. The van der Waals surface area contributed by atoms with Crippen LogP contribution in [-0.4, -0.2) is 25.9 Å². The summed E-state index contributed by atoms with van der Waals surface area (Å²) in [5, 5.41) is 16.4. The minimum Gasteiger partial charge on any atom is -0.318 e. The molecule has 6 nitrogen and oxygen atoms in total. The molecule has 0 atom stereocenters. The van der Waals surface area contributed by atoms with Crippen molar-refractivity contribution in [2.45, 2.75) is 6.54 Å². The number of carbonyl (C=O) groups excluding carboxylic acids is 1. The van der Waals surface area contributed by atoms with E-state index in [1.54, 1.807) is 35.3 Å². The highest BCUT2D eigenvalue weighted by molar-refractivity contribution is 6.03. The number of aromatic amines is 1. The fraction of sp³-hybridized carbons (Fsp3) is 0.0417. The van der Waals surface area contributed by atoms with Crippen LogP contribution >= 0.6 is 0 Å². The highest BCUT2D eigenvalue weighted by atomic mass is 19.1. The largest absolute Gasteiger partial charge is 0.318 e. The second-order valence-electron chi connectivity index (χ2n) is 7.19. The molecule has 7 heteroatoms. The highest BCUT2D eigenvalue weighted by Crippen LogP contribution is 2.21. The number of fused-ring (bicyclic) bond motifs is 1. The van der Waals surface area contributed by atoms with Gasteiger partial charge in [-0.15, -0.1) is 0 Å². The standard InChI is InChI=1S/C24H18FN5O/c25-19-10-8-17(9-11-19)22-12-23(29-28-22)24(31)27-20-13-26-30(15-20)14-18-6-3-5-16-4-1-2-7-21(16)18/h1-13,15H,14H2,(H,27,31)(H,28,29). The van der Waals surface area contributed by atoms with Crippen molar-refractivity contribution in [3.8, 4) is 11.3 Å². The first-order chi connectivity index (χ1) is 15.2. The quantitative estimate of drug-likeness (QED) is 0.433.